The molecule has 1 atom stereocenters. The van der Waals surface area contributed by atoms with Gasteiger partial charge in [0.05, 0.1) is 19.8 Å². The van der Waals surface area contributed by atoms with Crippen molar-refractivity contribution in [1.29, 1.82) is 0 Å². The Bertz CT molecular complexity index is 275. The Hall–Kier alpha value is -0.560. The Morgan fingerprint density at radius 2 is 1.75 bits per heavy atom. The van der Waals surface area contributed by atoms with Crippen LogP contribution in [-0.2, 0) is 4.74 Å². The average Bonchev–Trinajstić information content (AvgIpc) is 2.17. The first kappa shape index (κ1) is 13.5. The van der Waals surface area contributed by atoms with Gasteiger partial charge in [-0.05, 0) is 6.92 Å². The number of morpholine rings is 1. The molecular weight excluding hydrogens is 202 g/mol. The molecule has 0 aromatic carbocycles. The summed E-state index contributed by atoms with van der Waals surface area (Å²) in [6.07, 6.45) is 0. The third-order valence-electron chi connectivity index (χ3n) is 3.20. The van der Waals surface area contributed by atoms with Crippen molar-refractivity contribution in [2.45, 2.75) is 33.3 Å². The number of nitrogens with zero attached hydrogens (tertiary/aromatic N) is 1. The normalized spacial score (nSPS) is 22.1. The minimum absolute atomic E-state index is 0.217. The molecule has 16 heavy (non-hydrogen) atoms. The average molecular weight is 225 g/mol. The summed E-state index contributed by atoms with van der Waals surface area (Å²) in [6, 6.07) is 0. The van der Waals surface area contributed by atoms with Gasteiger partial charge in [-0.2, -0.15) is 0 Å². The Morgan fingerprint density at radius 3 is 2.25 bits per heavy atom. The molecule has 3 nitrogen and oxygen atoms in total. The van der Waals surface area contributed by atoms with Crippen molar-refractivity contribution in [3.05, 3.63) is 0 Å². The van der Waals surface area contributed by atoms with Crippen LogP contribution in [-0.4, -0.2) is 48.5 Å². The molecule has 1 aliphatic rings. The number of ether oxygens (including phenoxy) is 1. The van der Waals surface area contributed by atoms with Gasteiger partial charge in [0.1, 0.15) is 5.60 Å². The summed E-state index contributed by atoms with van der Waals surface area (Å²) >= 11 is 0. The van der Waals surface area contributed by atoms with Crippen LogP contribution >= 0.6 is 0 Å². The van der Waals surface area contributed by atoms with Gasteiger partial charge < -0.3 is 9.84 Å². The molecule has 1 heterocycles. The molecule has 3 heteroatoms. The van der Waals surface area contributed by atoms with Crippen LogP contribution in [0.2, 0.25) is 0 Å². The van der Waals surface area contributed by atoms with Crippen LogP contribution in [0, 0.1) is 17.3 Å². The van der Waals surface area contributed by atoms with E-state index in [2.05, 4.69) is 16.7 Å². The zero-order valence-corrected chi connectivity index (χ0v) is 10.8. The second-order valence-corrected chi connectivity index (χ2v) is 5.51. The highest BCUT2D eigenvalue weighted by Gasteiger charge is 2.33. The van der Waals surface area contributed by atoms with E-state index in [0.29, 0.717) is 0 Å². The van der Waals surface area contributed by atoms with Gasteiger partial charge in [-0.3, -0.25) is 4.90 Å². The van der Waals surface area contributed by atoms with Gasteiger partial charge in [0, 0.05) is 18.5 Å². The summed E-state index contributed by atoms with van der Waals surface area (Å²) < 4.78 is 5.26. The van der Waals surface area contributed by atoms with Crippen LogP contribution in [0.5, 0.6) is 0 Å². The number of rotatable bonds is 1. The van der Waals surface area contributed by atoms with Crippen molar-refractivity contribution in [2.75, 3.05) is 32.8 Å². The van der Waals surface area contributed by atoms with Crippen molar-refractivity contribution >= 4 is 0 Å². The molecule has 0 saturated carbocycles. The molecule has 92 valence electrons. The standard InChI is InChI=1S/C13H23NO2/c1-12(2,3)13(4,15)6-5-7-14-8-10-16-11-9-14/h15H,7-11H2,1-4H3/t13-/m1/s1. The first-order chi connectivity index (χ1) is 7.33. The van der Waals surface area contributed by atoms with Gasteiger partial charge in [-0.1, -0.05) is 32.6 Å². The van der Waals surface area contributed by atoms with Crippen LogP contribution in [0.3, 0.4) is 0 Å². The van der Waals surface area contributed by atoms with Crippen LogP contribution in [0.25, 0.3) is 0 Å². The Morgan fingerprint density at radius 1 is 1.19 bits per heavy atom. The molecule has 0 unspecified atom stereocenters. The Balaban J connectivity index is 2.47. The maximum Gasteiger partial charge on any atom is 0.127 e. The molecule has 1 rings (SSSR count). The molecule has 1 aliphatic heterocycles. The van der Waals surface area contributed by atoms with E-state index in [4.69, 9.17) is 4.74 Å². The van der Waals surface area contributed by atoms with Gasteiger partial charge in [0.2, 0.25) is 0 Å². The van der Waals surface area contributed by atoms with Gasteiger partial charge in [0.25, 0.3) is 0 Å². The third-order valence-corrected chi connectivity index (χ3v) is 3.20. The first-order valence-corrected chi connectivity index (χ1v) is 5.85. The lowest BCUT2D eigenvalue weighted by Crippen LogP contribution is -2.39. The Kier molecular flexibility index (Phi) is 4.37. The molecule has 0 amide bonds. The van der Waals surface area contributed by atoms with Gasteiger partial charge in [-0.25, -0.2) is 0 Å². The highest BCUT2D eigenvalue weighted by atomic mass is 16.5. The van der Waals surface area contributed by atoms with Crippen molar-refractivity contribution in [2.24, 2.45) is 5.41 Å². The van der Waals surface area contributed by atoms with E-state index in [-0.39, 0.29) is 5.41 Å². The molecule has 1 fully saturated rings. The lowest BCUT2D eigenvalue weighted by molar-refractivity contribution is 0.0125. The van der Waals surface area contributed by atoms with E-state index in [1.165, 1.54) is 0 Å². The summed E-state index contributed by atoms with van der Waals surface area (Å²) in [6.45, 7) is 11.9. The molecule has 0 aliphatic carbocycles. The summed E-state index contributed by atoms with van der Waals surface area (Å²) in [7, 11) is 0. The number of aliphatic hydroxyl groups is 1. The smallest absolute Gasteiger partial charge is 0.127 e. The minimum Gasteiger partial charge on any atom is -0.379 e. The second-order valence-electron chi connectivity index (χ2n) is 5.51. The van der Waals surface area contributed by atoms with E-state index in [1.807, 2.05) is 20.8 Å². The van der Waals surface area contributed by atoms with E-state index >= 15 is 0 Å². The van der Waals surface area contributed by atoms with Crippen molar-refractivity contribution in [3.63, 3.8) is 0 Å². The molecule has 1 saturated heterocycles. The molecule has 0 bridgehead atoms. The van der Waals surface area contributed by atoms with Crippen LogP contribution in [0.1, 0.15) is 27.7 Å². The topological polar surface area (TPSA) is 32.7 Å². The van der Waals surface area contributed by atoms with Crippen molar-refractivity contribution in [1.82, 2.24) is 4.90 Å². The molecular formula is C13H23NO2. The minimum atomic E-state index is -0.931. The maximum absolute atomic E-state index is 10.2. The highest BCUT2D eigenvalue weighted by molar-refractivity contribution is 5.17. The van der Waals surface area contributed by atoms with E-state index in [9.17, 15) is 5.11 Å². The van der Waals surface area contributed by atoms with E-state index < -0.39 is 5.60 Å². The fourth-order valence-corrected chi connectivity index (χ4v) is 1.27. The summed E-state index contributed by atoms with van der Waals surface area (Å²) in [4.78, 5) is 2.25. The van der Waals surface area contributed by atoms with Crippen molar-refractivity contribution < 1.29 is 9.84 Å². The third kappa shape index (κ3) is 3.79. The molecule has 0 spiro atoms. The number of hydrogen-bond donors (Lipinski definition) is 1. The lowest BCUT2D eigenvalue weighted by atomic mass is 9.78. The van der Waals surface area contributed by atoms with Gasteiger partial charge in [-0.15, -0.1) is 0 Å². The van der Waals surface area contributed by atoms with E-state index in [0.717, 1.165) is 32.8 Å². The molecule has 1 N–H and O–H groups in total. The van der Waals surface area contributed by atoms with Gasteiger partial charge in [0.15, 0.2) is 0 Å². The highest BCUT2D eigenvalue weighted by Crippen LogP contribution is 2.28. The molecule has 0 aromatic heterocycles. The predicted octanol–water partition coefficient (Wildman–Crippen LogP) is 1.12. The molecule has 0 radical (unpaired) electrons. The van der Waals surface area contributed by atoms with Crippen LogP contribution < -0.4 is 0 Å². The van der Waals surface area contributed by atoms with Crippen LogP contribution in [0.4, 0.5) is 0 Å². The number of hydrogen-bond acceptors (Lipinski definition) is 3. The zero-order valence-electron chi connectivity index (χ0n) is 10.8. The SMILES string of the molecule is CC(C)(C)[C@](C)(O)C#CCN1CCOCC1. The summed E-state index contributed by atoms with van der Waals surface area (Å²) in [5.41, 5.74) is -1.15. The monoisotopic (exact) mass is 225 g/mol. The zero-order chi connectivity index (χ0) is 12.2. The Labute approximate surface area is 98.8 Å². The maximum atomic E-state index is 10.2. The fourth-order valence-electron chi connectivity index (χ4n) is 1.27. The van der Waals surface area contributed by atoms with Crippen LogP contribution in [0.15, 0.2) is 0 Å². The fraction of sp³-hybridized carbons (Fsp3) is 0.846. The molecule has 0 aromatic rings. The predicted molar refractivity (Wildman–Crippen MR) is 65.1 cm³/mol. The quantitative estimate of drug-likeness (QED) is 0.679. The lowest BCUT2D eigenvalue weighted by Gasteiger charge is -2.32. The second kappa shape index (κ2) is 5.18. The largest absolute Gasteiger partial charge is 0.379 e. The summed E-state index contributed by atoms with van der Waals surface area (Å²) in [5, 5.41) is 10.2. The summed E-state index contributed by atoms with van der Waals surface area (Å²) in [5.74, 6) is 6.04. The van der Waals surface area contributed by atoms with Crippen molar-refractivity contribution in [3.8, 4) is 11.8 Å². The van der Waals surface area contributed by atoms with E-state index in [1.54, 1.807) is 6.92 Å². The first-order valence-electron chi connectivity index (χ1n) is 5.85. The van der Waals surface area contributed by atoms with Gasteiger partial charge >= 0.3 is 0 Å².